The fourth-order valence-corrected chi connectivity index (χ4v) is 3.35. The van der Waals surface area contributed by atoms with Crippen LogP contribution in [-0.4, -0.2) is 45.9 Å². The molecule has 1 aliphatic rings. The summed E-state index contributed by atoms with van der Waals surface area (Å²) in [7, 11) is 0. The second-order valence-electron chi connectivity index (χ2n) is 6.53. The van der Waals surface area contributed by atoms with Crippen LogP contribution in [0.25, 0.3) is 5.65 Å². The van der Waals surface area contributed by atoms with E-state index < -0.39 is 23.6 Å². The van der Waals surface area contributed by atoms with Gasteiger partial charge in [-0.1, -0.05) is 0 Å². The third-order valence-corrected chi connectivity index (χ3v) is 4.65. The van der Waals surface area contributed by atoms with Gasteiger partial charge in [0, 0.05) is 19.3 Å². The molecule has 0 radical (unpaired) electrons. The first kappa shape index (κ1) is 19.2. The summed E-state index contributed by atoms with van der Waals surface area (Å²) in [6.45, 7) is 4.17. The molecule has 1 fully saturated rings. The molecule has 9 heteroatoms. The lowest BCUT2D eigenvalue weighted by Gasteiger charge is -2.31. The van der Waals surface area contributed by atoms with Crippen LogP contribution in [0, 0.1) is 12.8 Å². The zero-order chi connectivity index (χ0) is 19.8. The smallest absolute Gasteiger partial charge is 0.417 e. The average Bonchev–Trinajstić information content (AvgIpc) is 2.95. The quantitative estimate of drug-likeness (QED) is 0.765. The fourth-order valence-electron chi connectivity index (χ4n) is 3.35. The molecular weight excluding hydrogens is 363 g/mol. The van der Waals surface area contributed by atoms with Crippen molar-refractivity contribution in [2.75, 3.05) is 19.7 Å². The summed E-state index contributed by atoms with van der Waals surface area (Å²) in [5, 5.41) is 0. The van der Waals surface area contributed by atoms with Crippen molar-refractivity contribution >= 4 is 17.5 Å². The van der Waals surface area contributed by atoms with Gasteiger partial charge in [0.1, 0.15) is 11.3 Å². The fraction of sp³-hybridized carbons (Fsp3) is 0.500. The van der Waals surface area contributed by atoms with Crippen molar-refractivity contribution in [2.24, 2.45) is 5.92 Å². The van der Waals surface area contributed by atoms with Gasteiger partial charge in [-0.2, -0.15) is 13.2 Å². The largest absolute Gasteiger partial charge is 0.466 e. The molecule has 0 bridgehead atoms. The third kappa shape index (κ3) is 3.77. The van der Waals surface area contributed by atoms with Gasteiger partial charge in [-0.15, -0.1) is 0 Å². The summed E-state index contributed by atoms with van der Waals surface area (Å²) in [5.41, 5.74) is -0.162. The maximum atomic E-state index is 13.0. The van der Waals surface area contributed by atoms with Gasteiger partial charge in [0.05, 0.1) is 23.8 Å². The Hall–Kier alpha value is -2.58. The maximum absolute atomic E-state index is 13.0. The number of aryl methyl sites for hydroxylation is 1. The van der Waals surface area contributed by atoms with E-state index >= 15 is 0 Å². The second-order valence-corrected chi connectivity index (χ2v) is 6.53. The van der Waals surface area contributed by atoms with Crippen LogP contribution < -0.4 is 0 Å². The van der Waals surface area contributed by atoms with Crippen LogP contribution in [0.4, 0.5) is 13.2 Å². The van der Waals surface area contributed by atoms with Gasteiger partial charge in [0.2, 0.25) is 0 Å². The van der Waals surface area contributed by atoms with Crippen LogP contribution in [0.5, 0.6) is 0 Å². The summed E-state index contributed by atoms with van der Waals surface area (Å²) in [5.74, 6) is -1.22. The summed E-state index contributed by atoms with van der Waals surface area (Å²) >= 11 is 0. The number of carbonyl (C=O) groups is 2. The summed E-state index contributed by atoms with van der Waals surface area (Å²) in [6, 6.07) is 2.18. The lowest BCUT2D eigenvalue weighted by Crippen LogP contribution is -2.43. The molecule has 0 N–H and O–H groups in total. The molecule has 1 aliphatic heterocycles. The number of ether oxygens (including phenoxy) is 1. The highest BCUT2D eigenvalue weighted by molar-refractivity contribution is 5.95. The number of amides is 1. The number of hydrogen-bond donors (Lipinski definition) is 0. The summed E-state index contributed by atoms with van der Waals surface area (Å²) in [4.78, 5) is 30.7. The van der Waals surface area contributed by atoms with E-state index in [2.05, 4.69) is 4.98 Å². The van der Waals surface area contributed by atoms with Gasteiger partial charge in [-0.3, -0.25) is 14.0 Å². The molecule has 6 nitrogen and oxygen atoms in total. The summed E-state index contributed by atoms with van der Waals surface area (Å²) < 4.78 is 45.3. The van der Waals surface area contributed by atoms with Gasteiger partial charge in [-0.05, 0) is 38.8 Å². The molecule has 1 amide bonds. The molecule has 0 saturated carbocycles. The van der Waals surface area contributed by atoms with Gasteiger partial charge in [-0.25, -0.2) is 4.98 Å². The van der Waals surface area contributed by atoms with Crippen LogP contribution in [0.2, 0.25) is 0 Å². The second kappa shape index (κ2) is 7.21. The van der Waals surface area contributed by atoms with E-state index in [0.717, 1.165) is 12.3 Å². The monoisotopic (exact) mass is 383 g/mol. The van der Waals surface area contributed by atoms with Crippen molar-refractivity contribution in [1.82, 2.24) is 14.3 Å². The van der Waals surface area contributed by atoms with Crippen LogP contribution in [0.15, 0.2) is 18.3 Å². The Morgan fingerprint density at radius 3 is 2.74 bits per heavy atom. The Labute approximate surface area is 153 Å². The number of aromatic nitrogens is 2. The van der Waals surface area contributed by atoms with Crippen molar-refractivity contribution in [3.05, 3.63) is 35.3 Å². The SMILES string of the molecule is CCOC(=O)C1CCCN(C(=O)c2c(C)nc3ccc(C(F)(F)F)cn23)C1. The van der Waals surface area contributed by atoms with Crippen molar-refractivity contribution in [3.8, 4) is 0 Å². The predicted octanol–water partition coefficient (Wildman–Crippen LogP) is 3.08. The van der Waals surface area contributed by atoms with E-state index in [-0.39, 0.29) is 30.5 Å². The zero-order valence-corrected chi connectivity index (χ0v) is 15.0. The number of halogens is 3. The number of pyridine rings is 1. The third-order valence-electron chi connectivity index (χ3n) is 4.65. The zero-order valence-electron chi connectivity index (χ0n) is 15.0. The first-order valence-corrected chi connectivity index (χ1v) is 8.74. The minimum atomic E-state index is -4.52. The normalized spacial score (nSPS) is 18.0. The molecule has 2 aromatic rings. The molecule has 3 heterocycles. The Bertz CT molecular complexity index is 876. The van der Waals surface area contributed by atoms with Crippen LogP contribution in [0.1, 0.15) is 41.5 Å². The number of imidazole rings is 1. The molecule has 1 unspecified atom stereocenters. The molecule has 0 spiro atoms. The number of esters is 1. The van der Waals surface area contributed by atoms with Crippen molar-refractivity contribution in [3.63, 3.8) is 0 Å². The van der Waals surface area contributed by atoms with Gasteiger partial charge < -0.3 is 9.64 Å². The van der Waals surface area contributed by atoms with Gasteiger partial charge >= 0.3 is 12.1 Å². The minimum Gasteiger partial charge on any atom is -0.466 e. The van der Waals surface area contributed by atoms with E-state index in [4.69, 9.17) is 4.74 Å². The van der Waals surface area contributed by atoms with Gasteiger partial charge in [0.25, 0.3) is 5.91 Å². The molecule has 0 aromatic carbocycles. The number of carbonyl (C=O) groups excluding carboxylic acids is 2. The molecule has 146 valence electrons. The highest BCUT2D eigenvalue weighted by Crippen LogP contribution is 2.30. The molecule has 3 rings (SSSR count). The topological polar surface area (TPSA) is 63.9 Å². The summed E-state index contributed by atoms with van der Waals surface area (Å²) in [6.07, 6.45) is -2.39. The van der Waals surface area contributed by atoms with Crippen molar-refractivity contribution in [1.29, 1.82) is 0 Å². The first-order chi connectivity index (χ1) is 12.7. The van der Waals surface area contributed by atoms with Crippen molar-refractivity contribution < 1.29 is 27.5 Å². The number of fused-ring (bicyclic) bond motifs is 1. The Balaban J connectivity index is 1.93. The predicted molar refractivity (Wildman–Crippen MR) is 90.2 cm³/mol. The Kier molecular flexibility index (Phi) is 5.12. The molecule has 1 saturated heterocycles. The molecular formula is C18H20F3N3O3. The van der Waals surface area contributed by atoms with Crippen LogP contribution in [-0.2, 0) is 15.7 Å². The van der Waals surface area contributed by atoms with Gasteiger partial charge in [0.15, 0.2) is 0 Å². The molecule has 1 atom stereocenters. The lowest BCUT2D eigenvalue weighted by molar-refractivity contribution is -0.149. The lowest BCUT2D eigenvalue weighted by atomic mass is 9.98. The number of likely N-dealkylation sites (tertiary alicyclic amines) is 1. The number of rotatable bonds is 3. The maximum Gasteiger partial charge on any atom is 0.417 e. The number of alkyl halides is 3. The first-order valence-electron chi connectivity index (χ1n) is 8.74. The average molecular weight is 383 g/mol. The van der Waals surface area contributed by atoms with Crippen molar-refractivity contribution in [2.45, 2.75) is 32.9 Å². The highest BCUT2D eigenvalue weighted by Gasteiger charge is 2.34. The van der Waals surface area contributed by atoms with E-state index in [1.807, 2.05) is 0 Å². The molecule has 0 aliphatic carbocycles. The highest BCUT2D eigenvalue weighted by atomic mass is 19.4. The molecule has 27 heavy (non-hydrogen) atoms. The van der Waals surface area contributed by atoms with E-state index in [0.29, 0.717) is 25.1 Å². The van der Waals surface area contributed by atoms with E-state index in [1.54, 1.807) is 13.8 Å². The number of hydrogen-bond acceptors (Lipinski definition) is 4. The minimum absolute atomic E-state index is 0.0839. The van der Waals surface area contributed by atoms with E-state index in [1.165, 1.54) is 15.4 Å². The standard InChI is InChI=1S/C18H20F3N3O3/c1-3-27-17(26)12-5-4-8-23(9-12)16(25)15-11(2)22-14-7-6-13(10-24(14)15)18(19,20)21/h6-7,10,12H,3-5,8-9H2,1-2H3. The van der Waals surface area contributed by atoms with Crippen LogP contribution in [0.3, 0.4) is 0 Å². The number of nitrogens with zero attached hydrogens (tertiary/aromatic N) is 3. The Morgan fingerprint density at radius 2 is 2.07 bits per heavy atom. The molecule has 2 aromatic heterocycles. The van der Waals surface area contributed by atoms with Crippen LogP contribution >= 0.6 is 0 Å². The van der Waals surface area contributed by atoms with E-state index in [9.17, 15) is 22.8 Å². The number of piperidine rings is 1. The Morgan fingerprint density at radius 1 is 1.33 bits per heavy atom.